The Morgan fingerprint density at radius 1 is 0.808 bits per heavy atom. The fourth-order valence-corrected chi connectivity index (χ4v) is 6.17. The van der Waals surface area contributed by atoms with Crippen LogP contribution in [0.25, 0.3) is 0 Å². The molecule has 5 heteroatoms. The maximum absolute atomic E-state index is 5.77. The molecule has 5 atom stereocenters. The van der Waals surface area contributed by atoms with Crippen molar-refractivity contribution in [2.75, 3.05) is 33.2 Å². The van der Waals surface area contributed by atoms with Crippen LogP contribution in [0.5, 0.6) is 0 Å². The van der Waals surface area contributed by atoms with Gasteiger partial charge >= 0.3 is 0 Å². The monoisotopic (exact) mass is 366 g/mol. The van der Waals surface area contributed by atoms with Gasteiger partial charge in [0.2, 0.25) is 0 Å². The minimum atomic E-state index is 0.643. The number of hydrogen-bond donors (Lipinski definition) is 4. The zero-order valence-electron chi connectivity index (χ0n) is 17.1. The predicted octanol–water partition coefficient (Wildman–Crippen LogP) is 2.52. The molecule has 3 aliphatic carbocycles. The first-order valence-corrected chi connectivity index (χ1v) is 11.4. The van der Waals surface area contributed by atoms with Crippen LogP contribution in [0.2, 0.25) is 0 Å². The number of fused-ring (bicyclic) bond motifs is 2. The standard InChI is InChI=1S/C21H44N5/c1-26(13-5-11-22,14-6-12-23)25-24-21-10-4-9-19-15-17-7-2-3-8-18(17)16-20(19)21/h17-21,24-25H,2-16,22-23H2,1H3/q+1. The van der Waals surface area contributed by atoms with E-state index in [2.05, 4.69) is 18.0 Å². The van der Waals surface area contributed by atoms with Crippen LogP contribution in [0, 0.1) is 23.7 Å². The van der Waals surface area contributed by atoms with E-state index in [1.807, 2.05) is 0 Å². The van der Waals surface area contributed by atoms with Gasteiger partial charge in [-0.1, -0.05) is 44.1 Å². The van der Waals surface area contributed by atoms with Crippen LogP contribution >= 0.6 is 0 Å². The molecule has 0 aromatic heterocycles. The molecule has 3 rings (SSSR count). The van der Waals surface area contributed by atoms with Crippen LogP contribution in [-0.4, -0.2) is 43.9 Å². The third kappa shape index (κ3) is 5.20. The summed E-state index contributed by atoms with van der Waals surface area (Å²) in [4.78, 5) is 0. The van der Waals surface area contributed by atoms with E-state index in [-0.39, 0.29) is 0 Å². The molecule has 3 saturated carbocycles. The molecule has 26 heavy (non-hydrogen) atoms. The van der Waals surface area contributed by atoms with Gasteiger partial charge in [0, 0.05) is 18.9 Å². The molecule has 0 aromatic carbocycles. The Kier molecular flexibility index (Phi) is 7.76. The smallest absolute Gasteiger partial charge is 0.0983 e. The van der Waals surface area contributed by atoms with E-state index in [1.165, 1.54) is 57.8 Å². The Bertz CT molecular complexity index is 407. The Morgan fingerprint density at radius 2 is 1.42 bits per heavy atom. The van der Waals surface area contributed by atoms with Gasteiger partial charge in [0.15, 0.2) is 0 Å². The maximum atomic E-state index is 5.77. The zero-order valence-corrected chi connectivity index (χ0v) is 17.1. The summed E-state index contributed by atoms with van der Waals surface area (Å²) in [5.74, 6) is 3.91. The lowest BCUT2D eigenvalue weighted by atomic mass is 9.59. The van der Waals surface area contributed by atoms with E-state index < -0.39 is 0 Å². The van der Waals surface area contributed by atoms with Gasteiger partial charge in [-0.2, -0.15) is 0 Å². The molecule has 0 aromatic rings. The van der Waals surface area contributed by atoms with Gasteiger partial charge in [-0.15, -0.1) is 0 Å². The lowest BCUT2D eigenvalue weighted by Gasteiger charge is -2.49. The summed E-state index contributed by atoms with van der Waals surface area (Å²) in [6, 6.07) is 0.643. The summed E-state index contributed by atoms with van der Waals surface area (Å²) in [6.07, 6.45) is 15.3. The lowest BCUT2D eigenvalue weighted by molar-refractivity contribution is -0.958. The highest BCUT2D eigenvalue weighted by molar-refractivity contribution is 4.94. The minimum Gasteiger partial charge on any atom is -0.330 e. The third-order valence-corrected chi connectivity index (χ3v) is 7.69. The molecule has 0 radical (unpaired) electrons. The molecule has 0 saturated heterocycles. The van der Waals surface area contributed by atoms with Crippen LogP contribution in [-0.2, 0) is 0 Å². The molecule has 3 fully saturated rings. The largest absolute Gasteiger partial charge is 0.330 e. The summed E-state index contributed by atoms with van der Waals surface area (Å²) in [5, 5.41) is 0. The van der Waals surface area contributed by atoms with Crippen molar-refractivity contribution in [2.24, 2.45) is 35.1 Å². The van der Waals surface area contributed by atoms with Crippen molar-refractivity contribution in [1.29, 1.82) is 0 Å². The average molecular weight is 367 g/mol. The first-order chi connectivity index (χ1) is 12.6. The Balaban J connectivity index is 1.57. The minimum absolute atomic E-state index is 0.643. The van der Waals surface area contributed by atoms with Gasteiger partial charge in [-0.25, -0.2) is 10.0 Å². The fraction of sp³-hybridized carbons (Fsp3) is 1.00. The van der Waals surface area contributed by atoms with E-state index in [4.69, 9.17) is 11.5 Å². The van der Waals surface area contributed by atoms with Gasteiger partial charge in [0.05, 0.1) is 20.1 Å². The maximum Gasteiger partial charge on any atom is 0.0983 e. The predicted molar refractivity (Wildman–Crippen MR) is 109 cm³/mol. The van der Waals surface area contributed by atoms with E-state index in [9.17, 15) is 0 Å². The van der Waals surface area contributed by atoms with Gasteiger partial charge in [0.25, 0.3) is 0 Å². The molecular formula is C21H44N5+. The first-order valence-electron chi connectivity index (χ1n) is 11.4. The van der Waals surface area contributed by atoms with Gasteiger partial charge in [-0.05, 0) is 56.0 Å². The quantitative estimate of drug-likeness (QED) is 0.374. The molecule has 0 aliphatic heterocycles. The summed E-state index contributed by atoms with van der Waals surface area (Å²) in [7, 11) is 2.29. The molecule has 0 spiro atoms. The number of rotatable bonds is 9. The summed E-state index contributed by atoms with van der Waals surface area (Å²) in [5.41, 5.74) is 19.1. The Morgan fingerprint density at radius 3 is 2.08 bits per heavy atom. The van der Waals surface area contributed by atoms with E-state index in [1.54, 1.807) is 0 Å². The second-order valence-corrected chi connectivity index (χ2v) is 9.62. The van der Waals surface area contributed by atoms with Crippen LogP contribution in [0.4, 0.5) is 0 Å². The Labute approximate surface area is 161 Å². The zero-order chi connectivity index (χ0) is 18.4. The number of quaternary nitrogens is 1. The SMILES string of the molecule is C[N+](CCCN)(CCCN)NNC1CCCC2CC3CCCCC3CC21. The molecule has 152 valence electrons. The van der Waals surface area contributed by atoms with Gasteiger partial charge in [-0.3, -0.25) is 0 Å². The highest BCUT2D eigenvalue weighted by Gasteiger charge is 2.43. The summed E-state index contributed by atoms with van der Waals surface area (Å²) in [6.45, 7) is 3.65. The molecule has 0 heterocycles. The molecule has 0 amide bonds. The van der Waals surface area contributed by atoms with Crippen LogP contribution in [0.1, 0.15) is 70.6 Å². The Hall–Kier alpha value is -0.200. The van der Waals surface area contributed by atoms with E-state index >= 15 is 0 Å². The van der Waals surface area contributed by atoms with Gasteiger partial charge in [0.1, 0.15) is 0 Å². The first kappa shape index (κ1) is 20.5. The highest BCUT2D eigenvalue weighted by Crippen LogP contribution is 2.49. The van der Waals surface area contributed by atoms with E-state index in [0.717, 1.165) is 67.3 Å². The van der Waals surface area contributed by atoms with Crippen molar-refractivity contribution >= 4 is 0 Å². The number of nitrogens with zero attached hydrogens (tertiary/aromatic N) is 1. The van der Waals surface area contributed by atoms with Gasteiger partial charge < -0.3 is 11.5 Å². The van der Waals surface area contributed by atoms with Crippen molar-refractivity contribution in [3.8, 4) is 0 Å². The normalized spacial score (nSPS) is 35.0. The third-order valence-electron chi connectivity index (χ3n) is 7.69. The van der Waals surface area contributed by atoms with Crippen molar-refractivity contribution in [1.82, 2.24) is 11.0 Å². The molecule has 5 unspecified atom stereocenters. The van der Waals surface area contributed by atoms with Crippen LogP contribution < -0.4 is 22.4 Å². The van der Waals surface area contributed by atoms with Crippen LogP contribution in [0.3, 0.4) is 0 Å². The van der Waals surface area contributed by atoms with Crippen molar-refractivity contribution in [2.45, 2.75) is 76.7 Å². The molecule has 6 N–H and O–H groups in total. The number of nitrogens with one attached hydrogen (secondary N) is 2. The lowest BCUT2D eigenvalue weighted by Crippen LogP contribution is -2.65. The van der Waals surface area contributed by atoms with Crippen molar-refractivity contribution < 1.29 is 4.59 Å². The van der Waals surface area contributed by atoms with Crippen molar-refractivity contribution in [3.63, 3.8) is 0 Å². The number of hydrogen-bond acceptors (Lipinski definition) is 4. The molecular weight excluding hydrogens is 322 g/mol. The number of hydrazine groups is 1. The average Bonchev–Trinajstić information content (AvgIpc) is 2.68. The molecule has 5 nitrogen and oxygen atoms in total. The van der Waals surface area contributed by atoms with Crippen molar-refractivity contribution in [3.05, 3.63) is 0 Å². The number of nitrogens with two attached hydrogens (primary N) is 2. The molecule has 0 bridgehead atoms. The summed E-state index contributed by atoms with van der Waals surface area (Å²) < 4.78 is 0.842. The molecule has 3 aliphatic rings. The highest BCUT2D eigenvalue weighted by atomic mass is 15.8. The second kappa shape index (κ2) is 9.83. The topological polar surface area (TPSA) is 76.1 Å². The second-order valence-electron chi connectivity index (χ2n) is 9.62. The van der Waals surface area contributed by atoms with E-state index in [0.29, 0.717) is 6.04 Å². The van der Waals surface area contributed by atoms with Crippen LogP contribution in [0.15, 0.2) is 0 Å². The fourth-order valence-electron chi connectivity index (χ4n) is 6.17. The summed E-state index contributed by atoms with van der Waals surface area (Å²) >= 11 is 0.